The summed E-state index contributed by atoms with van der Waals surface area (Å²) in [6, 6.07) is 11.0. The molecule has 1 aromatic heterocycles. The van der Waals surface area contributed by atoms with Crippen LogP contribution < -0.4 is 10.6 Å². The van der Waals surface area contributed by atoms with E-state index in [-0.39, 0.29) is 5.91 Å². The third-order valence-electron chi connectivity index (χ3n) is 2.52. The minimum Gasteiger partial charge on any atom is -0.385 e. The highest BCUT2D eigenvalue weighted by Gasteiger charge is 2.10. The molecule has 1 heterocycles. The van der Waals surface area contributed by atoms with Gasteiger partial charge in [-0.25, -0.2) is 4.98 Å². The number of pyridine rings is 1. The summed E-state index contributed by atoms with van der Waals surface area (Å²) in [5.41, 5.74) is 2.11. The lowest BCUT2D eigenvalue weighted by molar-refractivity contribution is 0.102. The first-order valence-corrected chi connectivity index (χ1v) is 6.76. The van der Waals surface area contributed by atoms with Gasteiger partial charge in [0.15, 0.2) is 0 Å². The Morgan fingerprint density at radius 1 is 1.26 bits per heavy atom. The number of nitrogens with one attached hydrogen (secondary N) is 2. The number of nitrogens with zero attached hydrogens (tertiary/aromatic N) is 1. The summed E-state index contributed by atoms with van der Waals surface area (Å²) >= 11 is 3.25. The van der Waals surface area contributed by atoms with E-state index in [0.717, 1.165) is 16.8 Å². The molecule has 0 fully saturated rings. The van der Waals surface area contributed by atoms with Crippen LogP contribution in [0.4, 0.5) is 11.4 Å². The average molecular weight is 320 g/mol. The Morgan fingerprint density at radius 3 is 2.74 bits per heavy atom. The third-order valence-corrected chi connectivity index (χ3v) is 2.99. The van der Waals surface area contributed by atoms with Crippen molar-refractivity contribution >= 4 is 33.2 Å². The molecule has 4 nitrogen and oxygen atoms in total. The van der Waals surface area contributed by atoms with Crippen LogP contribution in [0, 0.1) is 0 Å². The summed E-state index contributed by atoms with van der Waals surface area (Å²) in [5, 5.41) is 5.99. The molecule has 98 valence electrons. The van der Waals surface area contributed by atoms with Crippen LogP contribution in [0.1, 0.15) is 17.3 Å². The van der Waals surface area contributed by atoms with Crippen molar-refractivity contribution < 1.29 is 4.79 Å². The van der Waals surface area contributed by atoms with Gasteiger partial charge in [-0.1, -0.05) is 12.1 Å². The topological polar surface area (TPSA) is 54.0 Å². The molecular weight excluding hydrogens is 306 g/mol. The van der Waals surface area contributed by atoms with Gasteiger partial charge in [0.2, 0.25) is 0 Å². The zero-order valence-electron chi connectivity index (χ0n) is 10.5. The van der Waals surface area contributed by atoms with Crippen LogP contribution in [0.2, 0.25) is 0 Å². The van der Waals surface area contributed by atoms with Crippen LogP contribution in [-0.4, -0.2) is 17.4 Å². The van der Waals surface area contributed by atoms with E-state index in [1.165, 1.54) is 0 Å². The lowest BCUT2D eigenvalue weighted by atomic mass is 10.1. The van der Waals surface area contributed by atoms with E-state index in [9.17, 15) is 4.79 Å². The normalized spacial score (nSPS) is 10.0. The molecule has 0 spiro atoms. The number of carbonyl (C=O) groups is 1. The minimum atomic E-state index is -0.152. The van der Waals surface area contributed by atoms with Gasteiger partial charge in [-0.15, -0.1) is 0 Å². The Hall–Kier alpha value is -1.88. The van der Waals surface area contributed by atoms with E-state index in [1.54, 1.807) is 24.4 Å². The number of para-hydroxylation sites is 1. The Kier molecular flexibility index (Phi) is 4.52. The van der Waals surface area contributed by atoms with Gasteiger partial charge in [0.05, 0.1) is 17.4 Å². The van der Waals surface area contributed by atoms with Crippen LogP contribution in [0.15, 0.2) is 47.2 Å². The zero-order chi connectivity index (χ0) is 13.7. The van der Waals surface area contributed by atoms with Crippen molar-refractivity contribution in [2.45, 2.75) is 6.92 Å². The van der Waals surface area contributed by atoms with Crippen molar-refractivity contribution in [3.8, 4) is 0 Å². The summed E-state index contributed by atoms with van der Waals surface area (Å²) in [7, 11) is 0. The molecule has 2 N–H and O–H groups in total. The maximum atomic E-state index is 12.2. The van der Waals surface area contributed by atoms with E-state index < -0.39 is 0 Å². The number of aromatic nitrogens is 1. The first-order chi connectivity index (χ1) is 9.20. The van der Waals surface area contributed by atoms with Gasteiger partial charge in [0.1, 0.15) is 4.60 Å². The maximum Gasteiger partial charge on any atom is 0.257 e. The molecule has 0 aliphatic rings. The number of halogens is 1. The second-order valence-corrected chi connectivity index (χ2v) is 4.71. The minimum absolute atomic E-state index is 0.152. The smallest absolute Gasteiger partial charge is 0.257 e. The molecule has 0 saturated heterocycles. The zero-order valence-corrected chi connectivity index (χ0v) is 12.1. The van der Waals surface area contributed by atoms with Gasteiger partial charge < -0.3 is 10.6 Å². The molecule has 0 atom stereocenters. The molecule has 0 unspecified atom stereocenters. The number of anilines is 2. The monoisotopic (exact) mass is 319 g/mol. The summed E-state index contributed by atoms with van der Waals surface area (Å²) in [4.78, 5) is 16.3. The molecule has 0 saturated carbocycles. The van der Waals surface area contributed by atoms with Crippen molar-refractivity contribution in [3.05, 3.63) is 52.8 Å². The van der Waals surface area contributed by atoms with Gasteiger partial charge in [-0.2, -0.15) is 0 Å². The average Bonchev–Trinajstić information content (AvgIpc) is 2.42. The van der Waals surface area contributed by atoms with Crippen molar-refractivity contribution in [2.75, 3.05) is 17.2 Å². The van der Waals surface area contributed by atoms with Crippen LogP contribution in [0.25, 0.3) is 0 Å². The number of hydrogen-bond donors (Lipinski definition) is 2. The fraction of sp³-hybridized carbons (Fsp3) is 0.143. The molecule has 0 aliphatic heterocycles. The molecule has 1 aromatic carbocycles. The standard InChI is InChI=1S/C14H14BrN3O/c1-2-16-12-6-4-3-5-11(12)14(19)18-10-7-8-13(15)17-9-10/h3-9,16H,2H2,1H3,(H,18,19). The summed E-state index contributed by atoms with van der Waals surface area (Å²) in [6.45, 7) is 2.76. The van der Waals surface area contributed by atoms with Gasteiger partial charge in [0.25, 0.3) is 5.91 Å². The second kappa shape index (κ2) is 6.33. The van der Waals surface area contributed by atoms with Gasteiger partial charge in [-0.05, 0) is 47.1 Å². The molecular formula is C14H14BrN3O. The fourth-order valence-corrected chi connectivity index (χ4v) is 1.91. The molecule has 0 bridgehead atoms. The quantitative estimate of drug-likeness (QED) is 0.848. The molecule has 1 amide bonds. The molecule has 5 heteroatoms. The van der Waals surface area contributed by atoms with E-state index >= 15 is 0 Å². The van der Waals surface area contributed by atoms with Crippen molar-refractivity contribution in [1.29, 1.82) is 0 Å². The highest BCUT2D eigenvalue weighted by molar-refractivity contribution is 9.10. The molecule has 0 aliphatic carbocycles. The number of benzene rings is 1. The van der Waals surface area contributed by atoms with E-state index in [2.05, 4.69) is 31.5 Å². The summed E-state index contributed by atoms with van der Waals surface area (Å²) in [6.07, 6.45) is 1.61. The lowest BCUT2D eigenvalue weighted by Gasteiger charge is -2.10. The largest absolute Gasteiger partial charge is 0.385 e. The highest BCUT2D eigenvalue weighted by atomic mass is 79.9. The predicted molar refractivity (Wildman–Crippen MR) is 80.5 cm³/mol. The van der Waals surface area contributed by atoms with Crippen LogP contribution in [0.5, 0.6) is 0 Å². The molecule has 0 radical (unpaired) electrons. The highest BCUT2D eigenvalue weighted by Crippen LogP contribution is 2.17. The van der Waals surface area contributed by atoms with Gasteiger partial charge >= 0.3 is 0 Å². The fourth-order valence-electron chi connectivity index (χ4n) is 1.67. The van der Waals surface area contributed by atoms with Gasteiger partial charge in [-0.3, -0.25) is 4.79 Å². The number of hydrogen-bond acceptors (Lipinski definition) is 3. The van der Waals surface area contributed by atoms with Crippen molar-refractivity contribution in [3.63, 3.8) is 0 Å². The van der Waals surface area contributed by atoms with Gasteiger partial charge in [0, 0.05) is 12.2 Å². The molecule has 2 aromatic rings. The summed E-state index contributed by atoms with van der Waals surface area (Å²) in [5.74, 6) is -0.152. The Balaban J connectivity index is 2.18. The van der Waals surface area contributed by atoms with Crippen LogP contribution in [-0.2, 0) is 0 Å². The lowest BCUT2D eigenvalue weighted by Crippen LogP contribution is -2.14. The Morgan fingerprint density at radius 2 is 2.05 bits per heavy atom. The van der Waals surface area contributed by atoms with Crippen LogP contribution >= 0.6 is 15.9 Å². The van der Waals surface area contributed by atoms with Crippen molar-refractivity contribution in [2.24, 2.45) is 0 Å². The Bertz CT molecular complexity index is 569. The Labute approximate surface area is 120 Å². The number of amides is 1. The molecule has 19 heavy (non-hydrogen) atoms. The molecule has 2 rings (SSSR count). The van der Waals surface area contributed by atoms with Crippen LogP contribution in [0.3, 0.4) is 0 Å². The number of carbonyl (C=O) groups excluding carboxylic acids is 1. The van der Waals surface area contributed by atoms with E-state index in [4.69, 9.17) is 0 Å². The first-order valence-electron chi connectivity index (χ1n) is 5.96. The SMILES string of the molecule is CCNc1ccccc1C(=O)Nc1ccc(Br)nc1. The third kappa shape index (κ3) is 3.54. The second-order valence-electron chi connectivity index (χ2n) is 3.90. The van der Waals surface area contributed by atoms with E-state index in [0.29, 0.717) is 11.3 Å². The predicted octanol–water partition coefficient (Wildman–Crippen LogP) is 3.53. The maximum absolute atomic E-state index is 12.2. The summed E-state index contributed by atoms with van der Waals surface area (Å²) < 4.78 is 0.735. The number of rotatable bonds is 4. The van der Waals surface area contributed by atoms with E-state index in [1.807, 2.05) is 25.1 Å². The van der Waals surface area contributed by atoms with Crippen molar-refractivity contribution in [1.82, 2.24) is 4.98 Å². The first kappa shape index (κ1) is 13.5.